The van der Waals surface area contributed by atoms with Crippen LogP contribution < -0.4 is 16.5 Å². The first-order valence-corrected chi connectivity index (χ1v) is 8.35. The van der Waals surface area contributed by atoms with Gasteiger partial charge in [0.2, 0.25) is 5.91 Å². The highest BCUT2D eigenvalue weighted by atomic mass is 16.5. The van der Waals surface area contributed by atoms with E-state index in [1.807, 2.05) is 12.1 Å². The third-order valence-corrected chi connectivity index (χ3v) is 4.75. The topological polar surface area (TPSA) is 114 Å². The molecule has 0 atom stereocenters. The molecule has 3 rings (SSSR count). The molecule has 2 aromatic rings. The molecule has 0 bridgehead atoms. The van der Waals surface area contributed by atoms with E-state index < -0.39 is 11.3 Å². The van der Waals surface area contributed by atoms with Gasteiger partial charge in [0.25, 0.3) is 5.91 Å². The molecule has 0 aromatic heterocycles. The molecule has 7 nitrogen and oxygen atoms in total. The number of ether oxygens (including phenoxy) is 1. The van der Waals surface area contributed by atoms with E-state index in [9.17, 15) is 9.59 Å². The Balaban J connectivity index is 1.84. The maximum Gasteiger partial charge on any atom is 0.274 e. The fraction of sp³-hybridized carbons (Fsp3) is 0.263. The van der Waals surface area contributed by atoms with E-state index in [1.165, 1.54) is 12.1 Å². The number of benzene rings is 2. The summed E-state index contributed by atoms with van der Waals surface area (Å²) >= 11 is 0. The lowest BCUT2D eigenvalue weighted by Crippen LogP contribution is -2.44. The smallest absolute Gasteiger partial charge is 0.274 e. The van der Waals surface area contributed by atoms with Crippen LogP contribution in [0.15, 0.2) is 48.5 Å². The van der Waals surface area contributed by atoms with E-state index >= 15 is 0 Å². The Kier molecular flexibility index (Phi) is 5.20. The van der Waals surface area contributed by atoms with Crippen molar-refractivity contribution < 1.29 is 19.5 Å². The van der Waals surface area contributed by atoms with Gasteiger partial charge in [-0.2, -0.15) is 0 Å². The Morgan fingerprint density at radius 1 is 1.00 bits per heavy atom. The predicted octanol–water partition coefficient (Wildman–Crippen LogP) is 2.07. The summed E-state index contributed by atoms with van der Waals surface area (Å²) in [4.78, 5) is 24.5. The summed E-state index contributed by atoms with van der Waals surface area (Å²) in [6, 6.07) is 13.7. The SMILES string of the molecule is Nc1ccc(C2(C(=O)Nc3ccc(C(=O)NO)cc3)CCOCC2)cc1. The van der Waals surface area contributed by atoms with E-state index in [2.05, 4.69) is 5.32 Å². The van der Waals surface area contributed by atoms with Crippen LogP contribution in [-0.2, 0) is 14.9 Å². The minimum Gasteiger partial charge on any atom is -0.399 e. The van der Waals surface area contributed by atoms with Gasteiger partial charge in [-0.1, -0.05) is 12.1 Å². The second-order valence-corrected chi connectivity index (χ2v) is 6.29. The molecule has 2 aromatic carbocycles. The van der Waals surface area contributed by atoms with Crippen LogP contribution in [-0.4, -0.2) is 30.2 Å². The minimum atomic E-state index is -0.687. The fourth-order valence-corrected chi connectivity index (χ4v) is 3.19. The Labute approximate surface area is 151 Å². The van der Waals surface area contributed by atoms with Gasteiger partial charge in [0.15, 0.2) is 0 Å². The zero-order chi connectivity index (χ0) is 18.6. The quantitative estimate of drug-likeness (QED) is 0.381. The van der Waals surface area contributed by atoms with Crippen molar-refractivity contribution in [1.29, 1.82) is 0 Å². The molecule has 0 spiro atoms. The third kappa shape index (κ3) is 3.54. The van der Waals surface area contributed by atoms with Gasteiger partial charge in [-0.25, -0.2) is 5.48 Å². The summed E-state index contributed by atoms with van der Waals surface area (Å²) in [6.07, 6.45) is 1.15. The molecule has 0 radical (unpaired) electrons. The summed E-state index contributed by atoms with van der Waals surface area (Å²) in [5.41, 5.74) is 9.09. The zero-order valence-corrected chi connectivity index (χ0v) is 14.2. The number of nitrogens with two attached hydrogens (primary N) is 1. The highest BCUT2D eigenvalue weighted by Gasteiger charge is 2.41. The summed E-state index contributed by atoms with van der Waals surface area (Å²) in [5.74, 6) is -0.726. The van der Waals surface area contributed by atoms with Crippen LogP contribution >= 0.6 is 0 Å². The molecular formula is C19H21N3O4. The number of nitrogen functional groups attached to an aromatic ring is 1. The summed E-state index contributed by atoms with van der Waals surface area (Å²) in [5, 5.41) is 11.6. The van der Waals surface area contributed by atoms with E-state index in [1.54, 1.807) is 29.7 Å². The second kappa shape index (κ2) is 7.55. The van der Waals surface area contributed by atoms with Gasteiger partial charge >= 0.3 is 0 Å². The van der Waals surface area contributed by atoms with Crippen molar-refractivity contribution in [2.24, 2.45) is 0 Å². The molecule has 1 aliphatic rings. The van der Waals surface area contributed by atoms with Crippen molar-refractivity contribution >= 4 is 23.2 Å². The van der Waals surface area contributed by atoms with Crippen molar-refractivity contribution in [2.45, 2.75) is 18.3 Å². The Bertz CT molecular complexity index is 781. The molecular weight excluding hydrogens is 334 g/mol. The lowest BCUT2D eigenvalue weighted by atomic mass is 9.73. The van der Waals surface area contributed by atoms with E-state index in [-0.39, 0.29) is 5.91 Å². The normalized spacial score (nSPS) is 15.9. The number of anilines is 2. The molecule has 0 saturated carbocycles. The average Bonchev–Trinajstić information content (AvgIpc) is 2.69. The van der Waals surface area contributed by atoms with Crippen LogP contribution in [0.5, 0.6) is 0 Å². The van der Waals surface area contributed by atoms with Gasteiger partial charge in [-0.15, -0.1) is 0 Å². The van der Waals surface area contributed by atoms with Gasteiger partial charge < -0.3 is 15.8 Å². The third-order valence-electron chi connectivity index (χ3n) is 4.75. The van der Waals surface area contributed by atoms with Crippen LogP contribution in [0.3, 0.4) is 0 Å². The first-order valence-electron chi connectivity index (χ1n) is 8.35. The minimum absolute atomic E-state index is 0.120. The molecule has 1 fully saturated rings. The first-order chi connectivity index (χ1) is 12.5. The predicted molar refractivity (Wildman–Crippen MR) is 96.9 cm³/mol. The van der Waals surface area contributed by atoms with E-state index in [0.29, 0.717) is 43.0 Å². The van der Waals surface area contributed by atoms with E-state index in [4.69, 9.17) is 15.7 Å². The van der Waals surface area contributed by atoms with Crippen LogP contribution in [0, 0.1) is 0 Å². The summed E-state index contributed by atoms with van der Waals surface area (Å²) < 4.78 is 5.45. The molecule has 1 aliphatic heterocycles. The highest BCUT2D eigenvalue weighted by Crippen LogP contribution is 2.36. The standard InChI is InChI=1S/C19H21N3O4/c20-15-5-3-14(4-6-15)19(9-11-26-12-10-19)18(24)21-16-7-1-13(2-8-16)17(23)22-25/h1-8,25H,9-12,20H2,(H,21,24)(H,22,23). The van der Waals surface area contributed by atoms with Crippen molar-refractivity contribution in [3.8, 4) is 0 Å². The zero-order valence-electron chi connectivity index (χ0n) is 14.2. The van der Waals surface area contributed by atoms with Crippen molar-refractivity contribution in [2.75, 3.05) is 24.3 Å². The molecule has 0 unspecified atom stereocenters. The molecule has 26 heavy (non-hydrogen) atoms. The summed E-state index contributed by atoms with van der Waals surface area (Å²) in [6.45, 7) is 1.01. The molecule has 5 N–H and O–H groups in total. The van der Waals surface area contributed by atoms with Crippen LogP contribution in [0.4, 0.5) is 11.4 Å². The van der Waals surface area contributed by atoms with Gasteiger partial charge in [-0.05, 0) is 54.8 Å². The Hall–Kier alpha value is -2.90. The Morgan fingerprint density at radius 3 is 2.19 bits per heavy atom. The van der Waals surface area contributed by atoms with Crippen LogP contribution in [0.2, 0.25) is 0 Å². The van der Waals surface area contributed by atoms with Crippen LogP contribution in [0.1, 0.15) is 28.8 Å². The Morgan fingerprint density at radius 2 is 1.62 bits per heavy atom. The maximum atomic E-state index is 13.1. The van der Waals surface area contributed by atoms with Gasteiger partial charge in [0, 0.05) is 30.2 Å². The van der Waals surface area contributed by atoms with Gasteiger partial charge in [0.1, 0.15) is 0 Å². The molecule has 2 amide bonds. The number of carbonyl (C=O) groups excluding carboxylic acids is 2. The number of hydrogen-bond donors (Lipinski definition) is 4. The maximum absolute atomic E-state index is 13.1. The lowest BCUT2D eigenvalue weighted by Gasteiger charge is -2.36. The molecule has 1 heterocycles. The largest absolute Gasteiger partial charge is 0.399 e. The number of nitrogens with one attached hydrogen (secondary N) is 2. The molecule has 0 aliphatic carbocycles. The van der Waals surface area contributed by atoms with Crippen LogP contribution in [0.25, 0.3) is 0 Å². The average molecular weight is 355 g/mol. The molecule has 1 saturated heterocycles. The number of hydroxylamine groups is 1. The highest BCUT2D eigenvalue weighted by molar-refractivity contribution is 6.00. The molecule has 136 valence electrons. The number of hydrogen-bond acceptors (Lipinski definition) is 5. The molecule has 7 heteroatoms. The van der Waals surface area contributed by atoms with Gasteiger partial charge in [-0.3, -0.25) is 14.8 Å². The van der Waals surface area contributed by atoms with Crippen molar-refractivity contribution in [1.82, 2.24) is 5.48 Å². The number of carbonyl (C=O) groups is 2. The van der Waals surface area contributed by atoms with E-state index in [0.717, 1.165) is 5.56 Å². The number of rotatable bonds is 4. The fourth-order valence-electron chi connectivity index (χ4n) is 3.19. The van der Waals surface area contributed by atoms with Crippen molar-refractivity contribution in [3.63, 3.8) is 0 Å². The summed E-state index contributed by atoms with van der Waals surface area (Å²) in [7, 11) is 0. The van der Waals surface area contributed by atoms with Gasteiger partial charge in [0.05, 0.1) is 5.41 Å². The first kappa shape index (κ1) is 17.9. The number of amides is 2. The second-order valence-electron chi connectivity index (χ2n) is 6.29. The lowest BCUT2D eigenvalue weighted by molar-refractivity contribution is -0.125. The van der Waals surface area contributed by atoms with Crippen molar-refractivity contribution in [3.05, 3.63) is 59.7 Å². The monoisotopic (exact) mass is 355 g/mol.